The number of aromatic nitrogens is 5. The maximum atomic E-state index is 15.9. The van der Waals surface area contributed by atoms with E-state index in [1.165, 1.54) is 30.3 Å². The molecule has 15 rings (SSSR count). The summed E-state index contributed by atoms with van der Waals surface area (Å²) in [5.74, 6) is 0.715. The largest absolute Gasteiger partial charge is 0.416 e. The minimum atomic E-state index is -4.88. The zero-order chi connectivity index (χ0) is 68.9. The number of hydrogen-bond donors (Lipinski definition) is 0. The highest BCUT2D eigenvalue weighted by Crippen LogP contribution is 2.47. The predicted molar refractivity (Wildman–Crippen MR) is 375 cm³/mol. The zero-order valence-electron chi connectivity index (χ0n) is 52.0. The van der Waals surface area contributed by atoms with Crippen LogP contribution in [0.4, 0.5) is 13.2 Å². The van der Waals surface area contributed by atoms with Crippen LogP contribution in [0.25, 0.3) is 145 Å². The Morgan fingerprint density at radius 3 is 0.920 bits per heavy atom. The lowest BCUT2D eigenvalue weighted by Gasteiger charge is -2.20. The maximum absolute atomic E-state index is 15.9. The maximum Gasteiger partial charge on any atom is 0.416 e. The molecule has 0 atom stereocenters. The van der Waals surface area contributed by atoms with E-state index >= 15 is 13.2 Å². The highest BCUT2D eigenvalue weighted by molar-refractivity contribution is 6.14. The van der Waals surface area contributed by atoms with Crippen LogP contribution in [0, 0.1) is 90.6 Å². The normalized spacial score (nSPS) is 11.1. The number of halogens is 3. The van der Waals surface area contributed by atoms with Crippen molar-refractivity contribution in [3.8, 4) is 150 Å². The molecule has 0 N–H and O–H groups in total. The smallest absolute Gasteiger partial charge is 0.309 e. The van der Waals surface area contributed by atoms with Gasteiger partial charge in [0, 0.05) is 49.5 Å². The van der Waals surface area contributed by atoms with Gasteiger partial charge in [0.2, 0.25) is 0 Å². The van der Waals surface area contributed by atoms with Gasteiger partial charge in [-0.3, -0.25) is 0 Å². The summed E-state index contributed by atoms with van der Waals surface area (Å²) in [6, 6.07) is 87.0. The molecule has 0 saturated heterocycles. The van der Waals surface area contributed by atoms with Crippen LogP contribution >= 0.6 is 0 Å². The Balaban J connectivity index is 1.05. The Morgan fingerprint density at radius 2 is 0.590 bits per heavy atom. The molecule has 3 aromatic heterocycles. The van der Waals surface area contributed by atoms with Crippen LogP contribution in [-0.2, 0) is 6.18 Å². The molecule has 462 valence electrons. The average Bonchev–Trinajstić information content (AvgIpc) is 1.54. The minimum absolute atomic E-state index is 0.101. The summed E-state index contributed by atoms with van der Waals surface area (Å²) in [4.78, 5) is 15.3. The van der Waals surface area contributed by atoms with Gasteiger partial charge in [-0.15, -0.1) is 0 Å². The highest BCUT2D eigenvalue weighted by atomic mass is 19.4. The van der Waals surface area contributed by atoms with Crippen molar-refractivity contribution in [2.45, 2.75) is 6.18 Å². The van der Waals surface area contributed by atoms with E-state index in [-0.39, 0.29) is 61.5 Å². The lowest BCUT2D eigenvalue weighted by atomic mass is 9.94. The quantitative estimate of drug-likeness (QED) is 0.125. The van der Waals surface area contributed by atoms with Crippen LogP contribution < -0.4 is 0 Å². The Bertz CT molecular complexity index is 5930. The lowest BCUT2D eigenvalue weighted by Crippen LogP contribution is -2.08. The molecule has 3 heterocycles. The van der Waals surface area contributed by atoms with Gasteiger partial charge in [-0.2, -0.15) is 55.3 Å². The molecule has 0 aliphatic carbocycles. The Kier molecular flexibility index (Phi) is 15.1. The standard InChI is InChI=1S/C84H40F3N13/c85-84(86,87)67-15-22-80(100-78-20-13-61(65-31-53(45-92)25-54(32-65)46-93)37-73(78)74-38-62(14-21-79(74)100)66-33-55(47-94)26-56(34-66)48-95)75(39-67)70-40-68(16-17-69(70)83-97-81(57-7-3-1-4-8-57)96-82(98-83)58-9-5-2-6-10-58)99-76-18-11-59(63-27-49(41-88)23-50(28-63)42-89)35-71(76)72-36-60(12-19-77(72)99)64-29-51(43-90)24-52(30-64)44-91/h1-40H. The predicted octanol–water partition coefficient (Wildman–Crippen LogP) is 19.4. The van der Waals surface area contributed by atoms with Crippen LogP contribution in [0.3, 0.4) is 0 Å². The third kappa shape index (κ3) is 11.0. The van der Waals surface area contributed by atoms with Gasteiger partial charge in [-0.1, -0.05) is 84.9 Å². The molecular formula is C84H40F3N13. The molecule has 0 radical (unpaired) electrons. The van der Waals surface area contributed by atoms with Crippen LogP contribution in [0.15, 0.2) is 243 Å². The number of nitriles is 8. The molecule has 0 aliphatic heterocycles. The van der Waals surface area contributed by atoms with E-state index in [0.717, 1.165) is 12.1 Å². The first-order valence-electron chi connectivity index (χ1n) is 31.0. The van der Waals surface area contributed by atoms with Crippen molar-refractivity contribution in [3.05, 3.63) is 293 Å². The number of nitrogens with zero attached hydrogens (tertiary/aromatic N) is 13. The van der Waals surface area contributed by atoms with E-state index in [4.69, 9.17) is 15.0 Å². The van der Waals surface area contributed by atoms with Crippen molar-refractivity contribution in [2.24, 2.45) is 0 Å². The summed E-state index contributed by atoms with van der Waals surface area (Å²) in [5, 5.41) is 83.4. The first kappa shape index (κ1) is 61.2. The molecule has 0 saturated carbocycles. The first-order valence-corrected chi connectivity index (χ1v) is 31.0. The SMILES string of the molecule is N#Cc1cc(C#N)cc(-c2ccc3c(c2)c2cc(-c4cc(C#N)cc(C#N)c4)ccc2n3-c2ccc(-c3nc(-c4ccccc4)nc(-c4ccccc4)n3)c(-c3cc(C(F)(F)F)ccc3-n3c4ccc(-c5cc(C#N)cc(C#N)c5)cc4c4cc(-c5cc(C#N)cc(C#N)c5)ccc43)c2)c1. The molecule has 0 unspecified atom stereocenters. The second-order valence-electron chi connectivity index (χ2n) is 23.7. The van der Waals surface area contributed by atoms with Crippen molar-refractivity contribution in [1.29, 1.82) is 42.1 Å². The molecule has 0 amide bonds. The van der Waals surface area contributed by atoms with Crippen molar-refractivity contribution in [2.75, 3.05) is 0 Å². The lowest BCUT2D eigenvalue weighted by molar-refractivity contribution is -0.137. The van der Waals surface area contributed by atoms with Gasteiger partial charge in [0.05, 0.1) is 126 Å². The zero-order valence-corrected chi connectivity index (χ0v) is 52.0. The molecule has 0 bridgehead atoms. The van der Waals surface area contributed by atoms with Gasteiger partial charge in [0.25, 0.3) is 0 Å². The fourth-order valence-electron chi connectivity index (χ4n) is 13.1. The molecule has 0 spiro atoms. The molecule has 12 aromatic carbocycles. The minimum Gasteiger partial charge on any atom is -0.309 e. The fraction of sp³-hybridized carbons (Fsp3) is 0.0119. The summed E-state index contributed by atoms with van der Waals surface area (Å²) < 4.78 is 51.7. The summed E-state index contributed by atoms with van der Waals surface area (Å²) in [6.07, 6.45) is -4.88. The number of alkyl halides is 3. The van der Waals surface area contributed by atoms with E-state index in [9.17, 15) is 42.1 Å². The van der Waals surface area contributed by atoms with Crippen molar-refractivity contribution in [1.82, 2.24) is 24.1 Å². The van der Waals surface area contributed by atoms with Gasteiger partial charge in [-0.05, 0) is 208 Å². The topological polar surface area (TPSA) is 239 Å². The molecule has 0 aliphatic rings. The number of fused-ring (bicyclic) bond motifs is 6. The first-order chi connectivity index (χ1) is 48.7. The molecular weight excluding hydrogens is 1250 g/mol. The van der Waals surface area contributed by atoms with Gasteiger partial charge < -0.3 is 9.13 Å². The van der Waals surface area contributed by atoms with Crippen molar-refractivity contribution < 1.29 is 13.2 Å². The summed E-state index contributed by atoms with van der Waals surface area (Å²) >= 11 is 0. The molecule has 0 fully saturated rings. The number of benzene rings is 12. The molecule has 15 aromatic rings. The second kappa shape index (κ2) is 24.7. The van der Waals surface area contributed by atoms with Gasteiger partial charge >= 0.3 is 6.18 Å². The highest BCUT2D eigenvalue weighted by Gasteiger charge is 2.33. The molecule has 13 nitrogen and oxygen atoms in total. The van der Waals surface area contributed by atoms with E-state index in [2.05, 4.69) is 48.6 Å². The van der Waals surface area contributed by atoms with Crippen molar-refractivity contribution in [3.63, 3.8) is 0 Å². The Hall–Kier alpha value is -15.0. The average molecular weight is 1290 g/mol. The number of hydrogen-bond acceptors (Lipinski definition) is 11. The Labute approximate surface area is 568 Å². The summed E-state index contributed by atoms with van der Waals surface area (Å²) in [5.41, 5.74) is 11.2. The summed E-state index contributed by atoms with van der Waals surface area (Å²) in [6.45, 7) is 0. The molecule has 16 heteroatoms. The van der Waals surface area contributed by atoms with Gasteiger partial charge in [0.1, 0.15) is 0 Å². The monoisotopic (exact) mass is 1290 g/mol. The van der Waals surface area contributed by atoms with Crippen molar-refractivity contribution >= 4 is 43.6 Å². The van der Waals surface area contributed by atoms with E-state index in [0.29, 0.717) is 128 Å². The fourth-order valence-corrected chi connectivity index (χ4v) is 13.1. The number of rotatable bonds is 10. The van der Waals surface area contributed by atoms with Gasteiger partial charge in [-0.25, -0.2) is 15.0 Å². The van der Waals surface area contributed by atoms with Crippen LogP contribution in [0.5, 0.6) is 0 Å². The van der Waals surface area contributed by atoms with Crippen LogP contribution in [-0.4, -0.2) is 24.1 Å². The van der Waals surface area contributed by atoms with Crippen LogP contribution in [0.1, 0.15) is 50.1 Å². The van der Waals surface area contributed by atoms with E-state index < -0.39 is 11.7 Å². The third-order valence-corrected chi connectivity index (χ3v) is 17.7. The van der Waals surface area contributed by atoms with Gasteiger partial charge in [0.15, 0.2) is 17.5 Å². The van der Waals surface area contributed by atoms with E-state index in [1.54, 1.807) is 54.6 Å². The van der Waals surface area contributed by atoms with E-state index in [1.807, 2.05) is 155 Å². The third-order valence-electron chi connectivity index (χ3n) is 17.7. The second-order valence-corrected chi connectivity index (χ2v) is 23.7. The van der Waals surface area contributed by atoms with Crippen LogP contribution in [0.2, 0.25) is 0 Å². The summed E-state index contributed by atoms with van der Waals surface area (Å²) in [7, 11) is 0. The Morgan fingerprint density at radius 1 is 0.260 bits per heavy atom. The molecule has 100 heavy (non-hydrogen) atoms.